The highest BCUT2D eigenvalue weighted by Gasteiger charge is 2.12. The van der Waals surface area contributed by atoms with Crippen molar-refractivity contribution in [3.05, 3.63) is 59.2 Å². The molecule has 0 heterocycles. The van der Waals surface area contributed by atoms with Gasteiger partial charge < -0.3 is 10.6 Å². The first kappa shape index (κ1) is 15.1. The lowest BCUT2D eigenvalue weighted by molar-refractivity contribution is 0.102. The number of carbonyl (C=O) groups is 1. The molecule has 0 fully saturated rings. The quantitative estimate of drug-likeness (QED) is 0.854. The van der Waals surface area contributed by atoms with Gasteiger partial charge in [0.15, 0.2) is 0 Å². The van der Waals surface area contributed by atoms with Gasteiger partial charge in [-0.25, -0.2) is 0 Å². The Hall–Kier alpha value is -2.29. The second-order valence-corrected chi connectivity index (χ2v) is 5.24. The van der Waals surface area contributed by atoms with Gasteiger partial charge in [-0.2, -0.15) is 0 Å². The van der Waals surface area contributed by atoms with Crippen LogP contribution in [0.15, 0.2) is 42.5 Å². The number of carbonyl (C=O) groups excluding carboxylic acids is 1. The number of anilines is 2. The van der Waals surface area contributed by atoms with Crippen molar-refractivity contribution in [3.8, 4) is 0 Å². The van der Waals surface area contributed by atoms with Gasteiger partial charge in [0.2, 0.25) is 0 Å². The highest BCUT2D eigenvalue weighted by atomic mass is 16.1. The number of rotatable bonds is 5. The third-order valence-corrected chi connectivity index (χ3v) is 3.38. The second kappa shape index (κ2) is 6.93. The largest absolute Gasteiger partial charge is 0.384 e. The van der Waals surface area contributed by atoms with Crippen molar-refractivity contribution in [2.45, 2.75) is 27.2 Å². The molecule has 3 heteroatoms. The Bertz CT molecular complexity index is 635. The Balaban J connectivity index is 2.25. The number of aryl methyl sites for hydroxylation is 2. The van der Waals surface area contributed by atoms with E-state index in [1.165, 1.54) is 0 Å². The summed E-state index contributed by atoms with van der Waals surface area (Å²) in [6.45, 7) is 6.94. The van der Waals surface area contributed by atoms with Crippen molar-refractivity contribution in [2.75, 3.05) is 17.2 Å². The van der Waals surface area contributed by atoms with Crippen LogP contribution in [0.5, 0.6) is 0 Å². The molecule has 0 aliphatic rings. The van der Waals surface area contributed by atoms with Crippen molar-refractivity contribution < 1.29 is 4.79 Å². The molecule has 0 saturated carbocycles. The molecule has 0 aliphatic carbocycles. The highest BCUT2D eigenvalue weighted by molar-refractivity contribution is 6.08. The number of nitrogens with one attached hydrogen (secondary N) is 2. The summed E-state index contributed by atoms with van der Waals surface area (Å²) in [7, 11) is 0. The Morgan fingerprint density at radius 3 is 2.52 bits per heavy atom. The molecular weight excluding hydrogens is 260 g/mol. The van der Waals surface area contributed by atoms with E-state index in [4.69, 9.17) is 0 Å². The molecule has 0 spiro atoms. The number of amides is 1. The zero-order valence-electron chi connectivity index (χ0n) is 12.9. The van der Waals surface area contributed by atoms with Gasteiger partial charge in [0.1, 0.15) is 0 Å². The lowest BCUT2D eigenvalue weighted by Gasteiger charge is -2.13. The van der Waals surface area contributed by atoms with Gasteiger partial charge in [0.05, 0.1) is 5.56 Å². The Kier molecular flexibility index (Phi) is 4.99. The topological polar surface area (TPSA) is 41.1 Å². The number of benzene rings is 2. The van der Waals surface area contributed by atoms with E-state index in [0.29, 0.717) is 5.56 Å². The number of hydrogen-bond donors (Lipinski definition) is 2. The Labute approximate surface area is 126 Å². The molecule has 0 unspecified atom stereocenters. The maximum absolute atomic E-state index is 12.6. The SMILES string of the molecule is CCCNc1ccc(C)cc1C(=O)Nc1ccccc1C. The smallest absolute Gasteiger partial charge is 0.257 e. The third-order valence-electron chi connectivity index (χ3n) is 3.38. The first-order chi connectivity index (χ1) is 10.1. The lowest BCUT2D eigenvalue weighted by atomic mass is 10.1. The maximum atomic E-state index is 12.6. The van der Waals surface area contributed by atoms with Gasteiger partial charge in [0, 0.05) is 17.9 Å². The molecule has 2 rings (SSSR count). The molecule has 21 heavy (non-hydrogen) atoms. The zero-order valence-corrected chi connectivity index (χ0v) is 12.9. The average Bonchev–Trinajstić information content (AvgIpc) is 2.48. The fourth-order valence-corrected chi connectivity index (χ4v) is 2.16. The monoisotopic (exact) mass is 282 g/mol. The van der Waals surface area contributed by atoms with E-state index in [1.807, 2.05) is 56.3 Å². The van der Waals surface area contributed by atoms with Crippen LogP contribution in [0.2, 0.25) is 0 Å². The average molecular weight is 282 g/mol. The van der Waals surface area contributed by atoms with E-state index in [9.17, 15) is 4.79 Å². The van der Waals surface area contributed by atoms with Gasteiger partial charge in [-0.05, 0) is 44.0 Å². The molecule has 0 aromatic heterocycles. The van der Waals surface area contributed by atoms with Gasteiger partial charge in [-0.15, -0.1) is 0 Å². The normalized spacial score (nSPS) is 10.2. The fourth-order valence-electron chi connectivity index (χ4n) is 2.16. The third kappa shape index (κ3) is 3.85. The molecule has 3 nitrogen and oxygen atoms in total. The Morgan fingerprint density at radius 2 is 1.81 bits per heavy atom. The summed E-state index contributed by atoms with van der Waals surface area (Å²) in [6, 6.07) is 13.7. The predicted octanol–water partition coefficient (Wildman–Crippen LogP) is 4.38. The summed E-state index contributed by atoms with van der Waals surface area (Å²) in [5, 5.41) is 6.30. The van der Waals surface area contributed by atoms with Crippen molar-refractivity contribution in [1.29, 1.82) is 0 Å². The van der Waals surface area contributed by atoms with E-state index >= 15 is 0 Å². The molecule has 110 valence electrons. The Morgan fingerprint density at radius 1 is 1.05 bits per heavy atom. The minimum absolute atomic E-state index is 0.0772. The summed E-state index contributed by atoms with van der Waals surface area (Å²) >= 11 is 0. The van der Waals surface area contributed by atoms with Crippen LogP contribution in [0.1, 0.15) is 34.8 Å². The van der Waals surface area contributed by atoms with E-state index in [-0.39, 0.29) is 5.91 Å². The van der Waals surface area contributed by atoms with Gasteiger partial charge in [0.25, 0.3) is 5.91 Å². The molecule has 1 amide bonds. The van der Waals surface area contributed by atoms with Crippen molar-refractivity contribution in [2.24, 2.45) is 0 Å². The minimum Gasteiger partial charge on any atom is -0.384 e. The van der Waals surface area contributed by atoms with E-state index < -0.39 is 0 Å². The molecule has 0 atom stereocenters. The van der Waals surface area contributed by atoms with Gasteiger partial charge >= 0.3 is 0 Å². The van der Waals surface area contributed by atoms with Crippen molar-refractivity contribution >= 4 is 17.3 Å². The molecule has 0 radical (unpaired) electrons. The fraction of sp³-hybridized carbons (Fsp3) is 0.278. The molecular formula is C18H22N2O. The summed E-state index contributed by atoms with van der Waals surface area (Å²) < 4.78 is 0. The van der Waals surface area contributed by atoms with Crippen LogP contribution in [0, 0.1) is 13.8 Å². The lowest BCUT2D eigenvalue weighted by Crippen LogP contribution is -2.16. The minimum atomic E-state index is -0.0772. The first-order valence-electron chi connectivity index (χ1n) is 7.33. The summed E-state index contributed by atoms with van der Waals surface area (Å²) in [6.07, 6.45) is 1.02. The summed E-state index contributed by atoms with van der Waals surface area (Å²) in [5.74, 6) is -0.0772. The summed E-state index contributed by atoms with van der Waals surface area (Å²) in [4.78, 5) is 12.6. The van der Waals surface area contributed by atoms with Crippen LogP contribution in [0.3, 0.4) is 0 Å². The highest BCUT2D eigenvalue weighted by Crippen LogP contribution is 2.20. The second-order valence-electron chi connectivity index (χ2n) is 5.24. The van der Waals surface area contributed by atoms with Crippen LogP contribution in [-0.4, -0.2) is 12.5 Å². The van der Waals surface area contributed by atoms with Crippen LogP contribution in [-0.2, 0) is 0 Å². The van der Waals surface area contributed by atoms with E-state index in [0.717, 1.165) is 35.5 Å². The van der Waals surface area contributed by atoms with Gasteiger partial charge in [-0.1, -0.05) is 36.8 Å². The summed E-state index contributed by atoms with van der Waals surface area (Å²) in [5.41, 5.74) is 4.55. The zero-order chi connectivity index (χ0) is 15.2. The first-order valence-corrected chi connectivity index (χ1v) is 7.33. The van der Waals surface area contributed by atoms with Gasteiger partial charge in [-0.3, -0.25) is 4.79 Å². The molecule has 0 bridgehead atoms. The molecule has 2 aromatic rings. The molecule has 0 aliphatic heterocycles. The van der Waals surface area contributed by atoms with Crippen LogP contribution >= 0.6 is 0 Å². The van der Waals surface area contributed by atoms with Crippen LogP contribution < -0.4 is 10.6 Å². The number of hydrogen-bond acceptors (Lipinski definition) is 2. The van der Waals surface area contributed by atoms with Crippen molar-refractivity contribution in [1.82, 2.24) is 0 Å². The molecule has 2 N–H and O–H groups in total. The van der Waals surface area contributed by atoms with Crippen LogP contribution in [0.4, 0.5) is 11.4 Å². The maximum Gasteiger partial charge on any atom is 0.257 e. The molecule has 0 saturated heterocycles. The number of para-hydroxylation sites is 1. The van der Waals surface area contributed by atoms with E-state index in [2.05, 4.69) is 17.6 Å². The van der Waals surface area contributed by atoms with Crippen molar-refractivity contribution in [3.63, 3.8) is 0 Å². The van der Waals surface area contributed by atoms with E-state index in [1.54, 1.807) is 0 Å². The standard InChI is InChI=1S/C18H22N2O/c1-4-11-19-17-10-9-13(2)12-15(17)18(21)20-16-8-6-5-7-14(16)3/h5-10,12,19H,4,11H2,1-3H3,(H,20,21). The predicted molar refractivity (Wildman–Crippen MR) is 89.1 cm³/mol. The molecule has 2 aromatic carbocycles. The van der Waals surface area contributed by atoms with Crippen LogP contribution in [0.25, 0.3) is 0 Å².